The van der Waals surface area contributed by atoms with E-state index in [0.717, 1.165) is 0 Å². The molecule has 0 aromatic heterocycles. The molecular weight excluding hydrogens is 284 g/mol. The first-order valence-electron chi connectivity index (χ1n) is 6.37. The average Bonchev–Trinajstić information content (AvgIpc) is 2.66. The van der Waals surface area contributed by atoms with Crippen LogP contribution in [0.2, 0.25) is 0 Å². The zero-order valence-corrected chi connectivity index (χ0v) is 12.4. The van der Waals surface area contributed by atoms with Crippen LogP contribution < -0.4 is 5.73 Å². The summed E-state index contributed by atoms with van der Waals surface area (Å²) in [4.78, 5) is 36.3. The predicted octanol–water partition coefficient (Wildman–Crippen LogP) is -0.170. The van der Waals surface area contributed by atoms with Gasteiger partial charge in [-0.15, -0.1) is 11.8 Å². The highest BCUT2D eigenvalue weighted by Gasteiger charge is 2.63. The number of fused-ring (bicyclic) bond motifs is 1. The van der Waals surface area contributed by atoms with Crippen LogP contribution >= 0.6 is 11.8 Å². The highest BCUT2D eigenvalue weighted by molar-refractivity contribution is 8.01. The highest BCUT2D eigenvalue weighted by atomic mass is 32.2. The Bertz CT molecular complexity index is 453. The number of esters is 2. The van der Waals surface area contributed by atoms with Crippen LogP contribution in [0.3, 0.4) is 0 Å². The van der Waals surface area contributed by atoms with Gasteiger partial charge >= 0.3 is 11.9 Å². The van der Waals surface area contributed by atoms with Gasteiger partial charge in [-0.3, -0.25) is 9.59 Å². The lowest BCUT2D eigenvalue weighted by Gasteiger charge is -2.41. The van der Waals surface area contributed by atoms with E-state index in [2.05, 4.69) is 0 Å². The third-order valence-electron chi connectivity index (χ3n) is 3.42. The summed E-state index contributed by atoms with van der Waals surface area (Å²) < 4.78 is 9.16. The van der Waals surface area contributed by atoms with E-state index in [1.807, 2.05) is 13.8 Å². The molecule has 0 aromatic rings. The summed E-state index contributed by atoms with van der Waals surface area (Å²) in [6.07, 6.45) is 0.212. The quantitative estimate of drug-likeness (QED) is 0.437. The number of thioether (sulfide) groups is 1. The van der Waals surface area contributed by atoms with Crippen molar-refractivity contribution in [2.24, 2.45) is 5.73 Å². The van der Waals surface area contributed by atoms with Gasteiger partial charge in [0, 0.05) is 11.2 Å². The van der Waals surface area contributed by atoms with Crippen LogP contribution in [0.25, 0.3) is 0 Å². The molecule has 1 amide bonds. The normalized spacial score (nSPS) is 30.5. The van der Waals surface area contributed by atoms with E-state index in [0.29, 0.717) is 0 Å². The number of ether oxygens (including phenoxy) is 2. The summed E-state index contributed by atoms with van der Waals surface area (Å²) in [5.74, 6) is -1.27. The molecule has 0 saturated carbocycles. The van der Waals surface area contributed by atoms with E-state index in [1.54, 1.807) is 6.92 Å². The Morgan fingerprint density at radius 3 is 2.65 bits per heavy atom. The number of hydrogen-bond donors (Lipinski definition) is 1. The highest BCUT2D eigenvalue weighted by Crippen LogP contribution is 2.50. The SMILES string of the molecule is CCC(=O)OCOC(=O)[C@@H]1N2C(=O)C(N)[C@H]2SC1(C)C. The first-order valence-corrected chi connectivity index (χ1v) is 7.25. The molecule has 8 heteroatoms. The fraction of sp³-hybridized carbons (Fsp3) is 0.750. The number of rotatable bonds is 4. The van der Waals surface area contributed by atoms with Gasteiger partial charge in [0.2, 0.25) is 12.7 Å². The van der Waals surface area contributed by atoms with Crippen molar-refractivity contribution in [3.63, 3.8) is 0 Å². The van der Waals surface area contributed by atoms with Gasteiger partial charge in [0.1, 0.15) is 17.5 Å². The molecule has 2 aliphatic rings. The lowest BCUT2D eigenvalue weighted by Crippen LogP contribution is -2.68. The maximum absolute atomic E-state index is 12.1. The smallest absolute Gasteiger partial charge is 0.333 e. The van der Waals surface area contributed by atoms with Crippen LogP contribution in [0.4, 0.5) is 0 Å². The minimum atomic E-state index is -0.704. The number of hydrogen-bond acceptors (Lipinski definition) is 7. The van der Waals surface area contributed by atoms with Gasteiger partial charge in [-0.05, 0) is 13.8 Å². The molecule has 20 heavy (non-hydrogen) atoms. The number of amides is 1. The van der Waals surface area contributed by atoms with E-state index in [-0.39, 0.29) is 17.7 Å². The van der Waals surface area contributed by atoms with Crippen molar-refractivity contribution in [2.75, 3.05) is 6.79 Å². The van der Waals surface area contributed by atoms with Gasteiger partial charge in [0.05, 0.1) is 0 Å². The number of nitrogens with two attached hydrogens (primary N) is 1. The minimum absolute atomic E-state index is 0.187. The molecule has 2 heterocycles. The van der Waals surface area contributed by atoms with Gasteiger partial charge in [0.25, 0.3) is 0 Å². The molecule has 2 saturated heterocycles. The molecule has 2 aliphatic heterocycles. The first kappa shape index (κ1) is 15.1. The molecular formula is C12H18N2O5S. The van der Waals surface area contributed by atoms with Crippen LogP contribution in [0.1, 0.15) is 27.2 Å². The van der Waals surface area contributed by atoms with Gasteiger partial charge in [0.15, 0.2) is 0 Å². The molecule has 2 fully saturated rings. The third kappa shape index (κ3) is 2.37. The second kappa shape index (κ2) is 5.25. The number of β-lactam (4-membered cyclic amide) rings is 1. The van der Waals surface area contributed by atoms with Crippen molar-refractivity contribution < 1.29 is 23.9 Å². The zero-order valence-electron chi connectivity index (χ0n) is 11.6. The van der Waals surface area contributed by atoms with E-state index in [1.165, 1.54) is 16.7 Å². The standard InChI is InChI=1S/C12H18N2O5S/c1-4-6(15)18-5-19-11(17)8-12(2,3)20-10-7(13)9(16)14(8)10/h7-8,10H,4-5,13H2,1-3H3/t7?,8-,10+/m0/s1. The van der Waals surface area contributed by atoms with Crippen molar-refractivity contribution in [3.8, 4) is 0 Å². The first-order chi connectivity index (χ1) is 9.29. The van der Waals surface area contributed by atoms with E-state index >= 15 is 0 Å². The van der Waals surface area contributed by atoms with Gasteiger partial charge < -0.3 is 20.1 Å². The minimum Gasteiger partial charge on any atom is -0.428 e. The second-order valence-electron chi connectivity index (χ2n) is 5.24. The number of carbonyl (C=O) groups excluding carboxylic acids is 3. The van der Waals surface area contributed by atoms with Gasteiger partial charge in [-0.25, -0.2) is 4.79 Å². The summed E-state index contributed by atoms with van der Waals surface area (Å²) in [5, 5.41) is -0.187. The summed E-state index contributed by atoms with van der Waals surface area (Å²) >= 11 is 1.48. The molecule has 2 N–H and O–H groups in total. The predicted molar refractivity (Wildman–Crippen MR) is 71.4 cm³/mol. The Hall–Kier alpha value is -1.28. The van der Waals surface area contributed by atoms with Crippen molar-refractivity contribution in [3.05, 3.63) is 0 Å². The topological polar surface area (TPSA) is 98.9 Å². The average molecular weight is 302 g/mol. The molecule has 0 aliphatic carbocycles. The third-order valence-corrected chi connectivity index (χ3v) is 5.01. The Balaban J connectivity index is 1.98. The maximum atomic E-state index is 12.1. The number of nitrogens with zero attached hydrogens (tertiary/aromatic N) is 1. The summed E-state index contributed by atoms with van der Waals surface area (Å²) in [7, 11) is 0. The van der Waals surface area contributed by atoms with Crippen molar-refractivity contribution in [1.29, 1.82) is 0 Å². The molecule has 0 spiro atoms. The molecule has 3 atom stereocenters. The monoisotopic (exact) mass is 302 g/mol. The molecule has 2 rings (SSSR count). The molecule has 7 nitrogen and oxygen atoms in total. The van der Waals surface area contributed by atoms with Gasteiger partial charge in [-0.2, -0.15) is 0 Å². The lowest BCUT2D eigenvalue weighted by molar-refractivity contribution is -0.176. The van der Waals surface area contributed by atoms with Crippen LogP contribution in [0.5, 0.6) is 0 Å². The van der Waals surface area contributed by atoms with Crippen molar-refractivity contribution >= 4 is 29.6 Å². The molecule has 1 unspecified atom stereocenters. The molecule has 0 radical (unpaired) electrons. The fourth-order valence-corrected chi connectivity index (χ4v) is 3.92. The van der Waals surface area contributed by atoms with Gasteiger partial charge in [-0.1, -0.05) is 6.92 Å². The molecule has 0 aromatic carbocycles. The van der Waals surface area contributed by atoms with E-state index < -0.39 is 35.6 Å². The van der Waals surface area contributed by atoms with Crippen LogP contribution in [0.15, 0.2) is 0 Å². The summed E-state index contributed by atoms with van der Waals surface area (Å²) in [5.41, 5.74) is 5.72. The zero-order chi connectivity index (χ0) is 15.1. The van der Waals surface area contributed by atoms with Crippen molar-refractivity contribution in [1.82, 2.24) is 4.90 Å². The van der Waals surface area contributed by atoms with Crippen LogP contribution in [-0.4, -0.2) is 51.7 Å². The van der Waals surface area contributed by atoms with E-state index in [9.17, 15) is 14.4 Å². The number of carbonyl (C=O) groups is 3. The van der Waals surface area contributed by atoms with Crippen LogP contribution in [-0.2, 0) is 23.9 Å². The Labute approximate surface area is 121 Å². The maximum Gasteiger partial charge on any atom is 0.333 e. The van der Waals surface area contributed by atoms with Crippen molar-refractivity contribution in [2.45, 2.75) is 49.4 Å². The molecule has 112 valence electrons. The molecule has 0 bridgehead atoms. The Morgan fingerprint density at radius 2 is 2.05 bits per heavy atom. The summed E-state index contributed by atoms with van der Waals surface area (Å²) in [6.45, 7) is 4.94. The largest absolute Gasteiger partial charge is 0.428 e. The van der Waals surface area contributed by atoms with E-state index in [4.69, 9.17) is 15.2 Å². The Morgan fingerprint density at radius 1 is 1.40 bits per heavy atom. The Kier molecular flexibility index (Phi) is 3.97. The van der Waals surface area contributed by atoms with Crippen LogP contribution in [0, 0.1) is 0 Å². The lowest BCUT2D eigenvalue weighted by atomic mass is 9.96. The summed E-state index contributed by atoms with van der Waals surface area (Å²) in [6, 6.07) is -1.26. The fourth-order valence-electron chi connectivity index (χ4n) is 2.36. The second-order valence-corrected chi connectivity index (χ2v) is 7.01.